The van der Waals surface area contributed by atoms with Gasteiger partial charge in [0, 0.05) is 25.7 Å². The van der Waals surface area contributed by atoms with E-state index in [9.17, 15) is 9.18 Å². The molecule has 1 fully saturated rings. The average Bonchev–Trinajstić information content (AvgIpc) is 2.66. The maximum Gasteiger partial charge on any atom is 0.246 e. The molecule has 1 N–H and O–H groups in total. The molecule has 1 aliphatic heterocycles. The van der Waals surface area contributed by atoms with Crippen molar-refractivity contribution in [2.24, 2.45) is 0 Å². The second-order valence-electron chi connectivity index (χ2n) is 4.31. The third-order valence-corrected chi connectivity index (χ3v) is 2.94. The van der Waals surface area contributed by atoms with Crippen molar-refractivity contribution in [2.45, 2.75) is 6.42 Å². The van der Waals surface area contributed by atoms with Crippen molar-refractivity contribution in [3.63, 3.8) is 0 Å². The Balaban J connectivity index is 1.95. The van der Waals surface area contributed by atoms with Crippen LogP contribution in [0.5, 0.6) is 0 Å². The largest absolute Gasteiger partial charge is 0.338 e. The van der Waals surface area contributed by atoms with Crippen molar-refractivity contribution in [1.29, 1.82) is 0 Å². The van der Waals surface area contributed by atoms with Gasteiger partial charge >= 0.3 is 0 Å². The van der Waals surface area contributed by atoms with Crippen LogP contribution < -0.4 is 5.32 Å². The van der Waals surface area contributed by atoms with Crippen molar-refractivity contribution in [3.8, 4) is 0 Å². The van der Waals surface area contributed by atoms with Crippen molar-refractivity contribution < 1.29 is 9.18 Å². The molecule has 0 bridgehead atoms. The van der Waals surface area contributed by atoms with Gasteiger partial charge in [-0.05, 0) is 36.7 Å². The van der Waals surface area contributed by atoms with E-state index < -0.39 is 0 Å². The molecular formula is C14H17FN2O. The highest BCUT2D eigenvalue weighted by Gasteiger charge is 2.11. The number of hydrogen-bond acceptors (Lipinski definition) is 2. The monoisotopic (exact) mass is 248 g/mol. The fourth-order valence-electron chi connectivity index (χ4n) is 1.91. The summed E-state index contributed by atoms with van der Waals surface area (Å²) in [4.78, 5) is 13.8. The van der Waals surface area contributed by atoms with Crippen LogP contribution in [0.25, 0.3) is 6.08 Å². The molecule has 0 aromatic heterocycles. The second kappa shape index (κ2) is 6.31. The molecular weight excluding hydrogens is 231 g/mol. The van der Waals surface area contributed by atoms with Crippen LogP contribution in [0.3, 0.4) is 0 Å². The van der Waals surface area contributed by atoms with Gasteiger partial charge in [-0.15, -0.1) is 0 Å². The van der Waals surface area contributed by atoms with Gasteiger partial charge in [-0.1, -0.05) is 12.1 Å². The fourth-order valence-corrected chi connectivity index (χ4v) is 1.91. The number of carbonyl (C=O) groups is 1. The summed E-state index contributed by atoms with van der Waals surface area (Å²) in [6, 6.07) is 6.09. The molecule has 0 saturated carbocycles. The lowest BCUT2D eigenvalue weighted by molar-refractivity contribution is -0.125. The van der Waals surface area contributed by atoms with Crippen molar-refractivity contribution >= 4 is 12.0 Å². The van der Waals surface area contributed by atoms with Crippen LogP contribution in [0.1, 0.15) is 12.0 Å². The molecule has 4 heteroatoms. The van der Waals surface area contributed by atoms with E-state index in [4.69, 9.17) is 0 Å². The van der Waals surface area contributed by atoms with Gasteiger partial charge in [0.1, 0.15) is 5.82 Å². The smallest absolute Gasteiger partial charge is 0.246 e. The molecule has 1 aliphatic rings. The number of nitrogens with zero attached hydrogens (tertiary/aromatic N) is 1. The van der Waals surface area contributed by atoms with Gasteiger partial charge in [0.25, 0.3) is 0 Å². The molecule has 1 heterocycles. The number of rotatable bonds is 2. The molecule has 96 valence electrons. The van der Waals surface area contributed by atoms with Crippen LogP contribution >= 0.6 is 0 Å². The molecule has 0 spiro atoms. The predicted octanol–water partition coefficient (Wildman–Crippen LogP) is 1.66. The van der Waals surface area contributed by atoms with Gasteiger partial charge in [-0.3, -0.25) is 4.79 Å². The summed E-state index contributed by atoms with van der Waals surface area (Å²) >= 11 is 0. The second-order valence-corrected chi connectivity index (χ2v) is 4.31. The van der Waals surface area contributed by atoms with Gasteiger partial charge in [-0.2, -0.15) is 0 Å². The molecule has 0 atom stereocenters. The minimum Gasteiger partial charge on any atom is -0.338 e. The fraction of sp³-hybridized carbons (Fsp3) is 0.357. The van der Waals surface area contributed by atoms with Gasteiger partial charge in [-0.25, -0.2) is 4.39 Å². The molecule has 1 amide bonds. The van der Waals surface area contributed by atoms with Crippen LogP contribution in [0, 0.1) is 5.82 Å². The Kier molecular flexibility index (Phi) is 4.47. The topological polar surface area (TPSA) is 32.3 Å². The van der Waals surface area contributed by atoms with E-state index in [0.717, 1.165) is 38.2 Å². The van der Waals surface area contributed by atoms with E-state index in [0.29, 0.717) is 0 Å². The summed E-state index contributed by atoms with van der Waals surface area (Å²) < 4.78 is 12.7. The zero-order valence-electron chi connectivity index (χ0n) is 10.2. The van der Waals surface area contributed by atoms with Gasteiger partial charge in [0.15, 0.2) is 0 Å². The van der Waals surface area contributed by atoms with Crippen molar-refractivity contribution in [3.05, 3.63) is 41.7 Å². The predicted molar refractivity (Wildman–Crippen MR) is 69.5 cm³/mol. The quantitative estimate of drug-likeness (QED) is 0.807. The average molecular weight is 248 g/mol. The Morgan fingerprint density at radius 1 is 1.22 bits per heavy atom. The molecule has 18 heavy (non-hydrogen) atoms. The summed E-state index contributed by atoms with van der Waals surface area (Å²) in [6.07, 6.45) is 4.26. The van der Waals surface area contributed by atoms with E-state index in [1.807, 2.05) is 4.90 Å². The van der Waals surface area contributed by atoms with E-state index in [1.54, 1.807) is 24.3 Å². The minimum absolute atomic E-state index is 0.0167. The molecule has 0 aliphatic carbocycles. The lowest BCUT2D eigenvalue weighted by Crippen LogP contribution is -2.32. The van der Waals surface area contributed by atoms with E-state index in [-0.39, 0.29) is 11.7 Å². The van der Waals surface area contributed by atoms with Crippen molar-refractivity contribution in [1.82, 2.24) is 10.2 Å². The highest BCUT2D eigenvalue weighted by Crippen LogP contribution is 2.05. The number of nitrogens with one attached hydrogen (secondary N) is 1. The highest BCUT2D eigenvalue weighted by molar-refractivity contribution is 5.91. The van der Waals surface area contributed by atoms with Gasteiger partial charge in [0.2, 0.25) is 5.91 Å². The van der Waals surface area contributed by atoms with Crippen LogP contribution in [-0.2, 0) is 4.79 Å². The normalized spacial score (nSPS) is 16.8. The van der Waals surface area contributed by atoms with E-state index >= 15 is 0 Å². The van der Waals surface area contributed by atoms with Crippen LogP contribution in [-0.4, -0.2) is 37.0 Å². The first-order valence-electron chi connectivity index (χ1n) is 6.19. The van der Waals surface area contributed by atoms with Crippen LogP contribution in [0.4, 0.5) is 4.39 Å². The molecule has 0 radical (unpaired) electrons. The van der Waals surface area contributed by atoms with Crippen LogP contribution in [0.2, 0.25) is 0 Å². The zero-order valence-corrected chi connectivity index (χ0v) is 10.2. The number of benzene rings is 1. The number of halogens is 1. The van der Waals surface area contributed by atoms with Crippen LogP contribution in [0.15, 0.2) is 30.3 Å². The highest BCUT2D eigenvalue weighted by atomic mass is 19.1. The number of carbonyl (C=O) groups excluding carboxylic acids is 1. The Labute approximate surface area is 106 Å². The summed E-state index contributed by atoms with van der Waals surface area (Å²) in [5.74, 6) is -0.250. The Hall–Kier alpha value is -1.68. The maximum absolute atomic E-state index is 12.7. The van der Waals surface area contributed by atoms with E-state index in [1.165, 1.54) is 12.1 Å². The first-order valence-corrected chi connectivity index (χ1v) is 6.19. The molecule has 1 aromatic carbocycles. The Bertz CT molecular complexity index is 420. The standard InChI is InChI=1S/C14H17FN2O/c15-13-5-2-12(3-6-13)4-7-14(18)17-10-1-8-16-9-11-17/h2-7,16H,1,8-11H2/b7-4+. The minimum atomic E-state index is -0.267. The SMILES string of the molecule is O=C(/C=C/c1ccc(F)cc1)N1CCCNCC1. The molecule has 3 nitrogen and oxygen atoms in total. The maximum atomic E-state index is 12.7. The molecule has 2 rings (SSSR count). The summed E-state index contributed by atoms with van der Waals surface area (Å²) in [6.45, 7) is 3.34. The number of amides is 1. The summed E-state index contributed by atoms with van der Waals surface area (Å²) in [7, 11) is 0. The number of hydrogen-bond donors (Lipinski definition) is 1. The van der Waals surface area contributed by atoms with E-state index in [2.05, 4.69) is 5.32 Å². The first kappa shape index (κ1) is 12.8. The van der Waals surface area contributed by atoms with Gasteiger partial charge in [0.05, 0.1) is 0 Å². The summed E-state index contributed by atoms with van der Waals surface area (Å²) in [5, 5.41) is 3.25. The third kappa shape index (κ3) is 3.67. The first-order chi connectivity index (χ1) is 8.75. The Morgan fingerprint density at radius 3 is 2.78 bits per heavy atom. The Morgan fingerprint density at radius 2 is 2.00 bits per heavy atom. The lowest BCUT2D eigenvalue weighted by Gasteiger charge is -2.17. The van der Waals surface area contributed by atoms with Gasteiger partial charge < -0.3 is 10.2 Å². The summed E-state index contributed by atoms with van der Waals surface area (Å²) in [5.41, 5.74) is 0.831. The third-order valence-electron chi connectivity index (χ3n) is 2.94. The zero-order chi connectivity index (χ0) is 12.8. The molecule has 1 aromatic rings. The molecule has 1 saturated heterocycles. The van der Waals surface area contributed by atoms with Crippen molar-refractivity contribution in [2.75, 3.05) is 26.2 Å². The lowest BCUT2D eigenvalue weighted by atomic mass is 10.2. The molecule has 0 unspecified atom stereocenters.